The van der Waals surface area contributed by atoms with E-state index in [1.807, 2.05) is 0 Å². The first-order valence-electron chi connectivity index (χ1n) is 6.58. The summed E-state index contributed by atoms with van der Waals surface area (Å²) >= 11 is 0. The highest BCUT2D eigenvalue weighted by atomic mass is 14.4. The zero-order chi connectivity index (χ0) is 11.8. The van der Waals surface area contributed by atoms with Gasteiger partial charge in [-0.15, -0.1) is 0 Å². The lowest BCUT2D eigenvalue weighted by atomic mass is 9.68. The van der Waals surface area contributed by atoms with Crippen molar-refractivity contribution in [1.82, 2.24) is 0 Å². The molecule has 1 saturated carbocycles. The first-order valence-corrected chi connectivity index (χ1v) is 6.58. The molecule has 88 valence electrons. The van der Waals surface area contributed by atoms with Gasteiger partial charge in [-0.25, -0.2) is 0 Å². The predicted molar refractivity (Wildman–Crippen MR) is 70.9 cm³/mol. The molecule has 0 heterocycles. The number of hydrogen-bond donors (Lipinski definition) is 0. The van der Waals surface area contributed by atoms with E-state index in [-0.39, 0.29) is 0 Å². The van der Waals surface area contributed by atoms with Gasteiger partial charge in [-0.05, 0) is 56.4 Å². The minimum Gasteiger partial charge on any atom is -0.0625 e. The Morgan fingerprint density at radius 2 is 1.50 bits per heavy atom. The largest absolute Gasteiger partial charge is 0.0625 e. The van der Waals surface area contributed by atoms with E-state index in [1.54, 1.807) is 5.56 Å². The van der Waals surface area contributed by atoms with Crippen molar-refractivity contribution >= 4 is 0 Å². The van der Waals surface area contributed by atoms with Gasteiger partial charge in [0.25, 0.3) is 0 Å². The fourth-order valence-corrected chi connectivity index (χ4v) is 3.01. The van der Waals surface area contributed by atoms with Crippen molar-refractivity contribution in [2.24, 2.45) is 5.92 Å². The van der Waals surface area contributed by atoms with Gasteiger partial charge < -0.3 is 0 Å². The van der Waals surface area contributed by atoms with Gasteiger partial charge in [-0.2, -0.15) is 0 Å². The van der Waals surface area contributed by atoms with E-state index in [4.69, 9.17) is 0 Å². The quantitative estimate of drug-likeness (QED) is 0.634. The van der Waals surface area contributed by atoms with E-state index in [2.05, 4.69) is 45.9 Å². The van der Waals surface area contributed by atoms with Crippen LogP contribution in [0.1, 0.15) is 56.2 Å². The Labute approximate surface area is 100 Å². The Kier molecular flexibility index (Phi) is 3.10. The zero-order valence-corrected chi connectivity index (χ0v) is 11.1. The molecule has 0 amide bonds. The zero-order valence-electron chi connectivity index (χ0n) is 11.1. The molecule has 0 aromatic heterocycles. The lowest BCUT2D eigenvalue weighted by molar-refractivity contribution is 0.260. The van der Waals surface area contributed by atoms with Crippen LogP contribution in [0.15, 0.2) is 18.2 Å². The molecule has 1 aromatic rings. The Morgan fingerprint density at radius 3 is 2.00 bits per heavy atom. The van der Waals surface area contributed by atoms with Crippen LogP contribution in [0.25, 0.3) is 0 Å². The molecule has 0 N–H and O–H groups in total. The molecule has 0 atom stereocenters. The lowest BCUT2D eigenvalue weighted by Crippen LogP contribution is -2.28. The normalized spacial score (nSPS) is 30.4. The summed E-state index contributed by atoms with van der Waals surface area (Å²) in [7, 11) is 0. The maximum atomic E-state index is 2.45. The second-order valence-electron chi connectivity index (χ2n) is 6.12. The van der Waals surface area contributed by atoms with Crippen molar-refractivity contribution in [3.63, 3.8) is 0 Å². The highest BCUT2D eigenvalue weighted by Crippen LogP contribution is 2.41. The molecule has 0 nitrogen and oxygen atoms in total. The summed E-state index contributed by atoms with van der Waals surface area (Å²) in [5, 5.41) is 0. The fraction of sp³-hybridized carbons (Fsp3) is 0.625. The van der Waals surface area contributed by atoms with Crippen molar-refractivity contribution in [3.8, 4) is 0 Å². The number of benzene rings is 1. The van der Waals surface area contributed by atoms with Crippen molar-refractivity contribution < 1.29 is 0 Å². The summed E-state index contributed by atoms with van der Waals surface area (Å²) in [5.74, 6) is 0.930. The summed E-state index contributed by atoms with van der Waals surface area (Å²) in [6, 6.07) is 7.06. The van der Waals surface area contributed by atoms with E-state index in [0.29, 0.717) is 5.41 Å². The average molecular weight is 216 g/mol. The SMILES string of the molecule is Cc1cc(C)cc(C2(C)CCC(C)CC2)c1. The third-order valence-corrected chi connectivity index (χ3v) is 4.30. The van der Waals surface area contributed by atoms with Crippen LogP contribution < -0.4 is 0 Å². The Balaban J connectivity index is 2.28. The summed E-state index contributed by atoms with van der Waals surface area (Å²) in [6.45, 7) is 9.27. The average Bonchev–Trinajstić information content (AvgIpc) is 2.21. The molecule has 0 bridgehead atoms. The topological polar surface area (TPSA) is 0 Å². The Bertz CT molecular complexity index is 347. The van der Waals surface area contributed by atoms with Crippen LogP contribution in [0.2, 0.25) is 0 Å². The van der Waals surface area contributed by atoms with Crippen LogP contribution in [0.4, 0.5) is 0 Å². The second kappa shape index (κ2) is 4.24. The van der Waals surface area contributed by atoms with Crippen LogP contribution in [0, 0.1) is 19.8 Å². The van der Waals surface area contributed by atoms with E-state index in [1.165, 1.54) is 36.8 Å². The molecule has 1 aliphatic carbocycles. The van der Waals surface area contributed by atoms with Gasteiger partial charge >= 0.3 is 0 Å². The van der Waals surface area contributed by atoms with Gasteiger partial charge in [0.2, 0.25) is 0 Å². The predicted octanol–water partition coefficient (Wildman–Crippen LogP) is 4.77. The maximum Gasteiger partial charge on any atom is -0.00749 e. The third-order valence-electron chi connectivity index (χ3n) is 4.30. The van der Waals surface area contributed by atoms with Gasteiger partial charge in [-0.3, -0.25) is 0 Å². The molecule has 16 heavy (non-hydrogen) atoms. The highest BCUT2D eigenvalue weighted by Gasteiger charge is 2.31. The molecule has 0 saturated heterocycles. The summed E-state index contributed by atoms with van der Waals surface area (Å²) in [6.07, 6.45) is 5.50. The number of rotatable bonds is 1. The minimum atomic E-state index is 0.434. The monoisotopic (exact) mass is 216 g/mol. The van der Waals surface area contributed by atoms with Crippen molar-refractivity contribution in [2.75, 3.05) is 0 Å². The lowest BCUT2D eigenvalue weighted by Gasteiger charge is -2.37. The Morgan fingerprint density at radius 1 is 1.00 bits per heavy atom. The first-order chi connectivity index (χ1) is 7.49. The summed E-state index contributed by atoms with van der Waals surface area (Å²) in [5.41, 5.74) is 4.82. The molecule has 0 spiro atoms. The van der Waals surface area contributed by atoms with E-state index < -0.39 is 0 Å². The maximum absolute atomic E-state index is 2.45. The van der Waals surface area contributed by atoms with Gasteiger partial charge in [-0.1, -0.05) is 43.2 Å². The molecule has 1 fully saturated rings. The van der Waals surface area contributed by atoms with Crippen LogP contribution in [0.5, 0.6) is 0 Å². The molecule has 0 heteroatoms. The van der Waals surface area contributed by atoms with Gasteiger partial charge in [0.1, 0.15) is 0 Å². The van der Waals surface area contributed by atoms with Crippen LogP contribution in [-0.4, -0.2) is 0 Å². The third kappa shape index (κ3) is 2.31. The summed E-state index contributed by atoms with van der Waals surface area (Å²) in [4.78, 5) is 0. The molecule has 0 radical (unpaired) electrons. The first kappa shape index (κ1) is 11.7. The van der Waals surface area contributed by atoms with Crippen LogP contribution in [-0.2, 0) is 5.41 Å². The molecule has 0 aliphatic heterocycles. The van der Waals surface area contributed by atoms with Gasteiger partial charge in [0, 0.05) is 0 Å². The number of aryl methyl sites for hydroxylation is 2. The van der Waals surface area contributed by atoms with Gasteiger partial charge in [0.15, 0.2) is 0 Å². The second-order valence-corrected chi connectivity index (χ2v) is 6.12. The van der Waals surface area contributed by atoms with E-state index in [0.717, 1.165) is 5.92 Å². The Hall–Kier alpha value is -0.780. The van der Waals surface area contributed by atoms with Crippen molar-refractivity contribution in [1.29, 1.82) is 0 Å². The van der Waals surface area contributed by atoms with Crippen LogP contribution >= 0.6 is 0 Å². The molecule has 0 unspecified atom stereocenters. The van der Waals surface area contributed by atoms with Crippen molar-refractivity contribution in [3.05, 3.63) is 34.9 Å². The smallest absolute Gasteiger partial charge is 0.00749 e. The fourth-order valence-electron chi connectivity index (χ4n) is 3.01. The van der Waals surface area contributed by atoms with E-state index >= 15 is 0 Å². The molecular weight excluding hydrogens is 192 g/mol. The molecule has 2 rings (SSSR count). The van der Waals surface area contributed by atoms with Crippen LogP contribution in [0.3, 0.4) is 0 Å². The summed E-state index contributed by atoms with van der Waals surface area (Å²) < 4.78 is 0. The number of hydrogen-bond acceptors (Lipinski definition) is 0. The minimum absolute atomic E-state index is 0.434. The molecule has 1 aliphatic rings. The molecule has 1 aromatic carbocycles. The standard InChI is InChI=1S/C16H24/c1-12-5-7-16(4,8-6-12)15-10-13(2)9-14(3)11-15/h9-12H,5-8H2,1-4H3. The van der Waals surface area contributed by atoms with E-state index in [9.17, 15) is 0 Å². The van der Waals surface area contributed by atoms with Gasteiger partial charge in [0.05, 0.1) is 0 Å². The highest BCUT2D eigenvalue weighted by molar-refractivity contribution is 5.34. The molecular formula is C16H24. The van der Waals surface area contributed by atoms with Crippen molar-refractivity contribution in [2.45, 2.75) is 58.8 Å².